The predicted molar refractivity (Wildman–Crippen MR) is 74.9 cm³/mol. The molecule has 0 aromatic heterocycles. The number of nitrogens with zero attached hydrogens (tertiary/aromatic N) is 1. The van der Waals surface area contributed by atoms with Crippen molar-refractivity contribution in [2.24, 2.45) is 5.73 Å². The van der Waals surface area contributed by atoms with Gasteiger partial charge < -0.3 is 16.0 Å². The molecule has 0 spiro atoms. The molecule has 1 heterocycles. The highest BCUT2D eigenvalue weighted by Crippen LogP contribution is 2.32. The van der Waals surface area contributed by atoms with Gasteiger partial charge in [-0.05, 0) is 50.1 Å². The highest BCUT2D eigenvalue weighted by molar-refractivity contribution is 5.97. The van der Waals surface area contributed by atoms with Crippen LogP contribution >= 0.6 is 0 Å². The van der Waals surface area contributed by atoms with E-state index in [0.29, 0.717) is 13.0 Å². The van der Waals surface area contributed by atoms with Gasteiger partial charge >= 0.3 is 0 Å². The third-order valence-electron chi connectivity index (χ3n) is 3.53. The molecule has 4 nitrogen and oxygen atoms in total. The molecule has 1 aromatic carbocycles. The van der Waals surface area contributed by atoms with Crippen LogP contribution in [-0.4, -0.2) is 25.5 Å². The van der Waals surface area contributed by atoms with Gasteiger partial charge in [0.1, 0.15) is 0 Å². The van der Waals surface area contributed by atoms with Crippen molar-refractivity contribution in [3.05, 3.63) is 23.8 Å². The molecule has 0 radical (unpaired) electrons. The summed E-state index contributed by atoms with van der Waals surface area (Å²) in [6.07, 6.45) is 2.25. The Morgan fingerprint density at radius 2 is 2.22 bits per heavy atom. The van der Waals surface area contributed by atoms with Crippen LogP contribution in [0.2, 0.25) is 0 Å². The van der Waals surface area contributed by atoms with E-state index in [-0.39, 0.29) is 11.9 Å². The Morgan fingerprint density at radius 1 is 1.44 bits per heavy atom. The van der Waals surface area contributed by atoms with E-state index in [1.165, 1.54) is 5.56 Å². The molecular weight excluding hydrogens is 226 g/mol. The summed E-state index contributed by atoms with van der Waals surface area (Å²) in [5, 5.41) is 3.13. The van der Waals surface area contributed by atoms with Crippen LogP contribution in [0.5, 0.6) is 0 Å². The Morgan fingerprint density at radius 3 is 2.89 bits per heavy atom. The lowest BCUT2D eigenvalue weighted by Crippen LogP contribution is -2.42. The number of nitrogens with two attached hydrogens (primary N) is 1. The summed E-state index contributed by atoms with van der Waals surface area (Å²) in [5.41, 5.74) is 8.98. The second-order valence-electron chi connectivity index (χ2n) is 4.78. The van der Waals surface area contributed by atoms with E-state index in [0.717, 1.165) is 24.2 Å². The van der Waals surface area contributed by atoms with E-state index in [1.54, 1.807) is 0 Å². The van der Waals surface area contributed by atoms with Gasteiger partial charge in [0.25, 0.3) is 0 Å². The lowest BCUT2D eigenvalue weighted by Gasteiger charge is -2.34. The summed E-state index contributed by atoms with van der Waals surface area (Å²) < 4.78 is 0. The monoisotopic (exact) mass is 247 g/mol. The average molecular weight is 247 g/mol. The first-order chi connectivity index (χ1) is 8.67. The number of hydrogen-bond acceptors (Lipinski definition) is 3. The van der Waals surface area contributed by atoms with E-state index >= 15 is 0 Å². The van der Waals surface area contributed by atoms with Gasteiger partial charge in [-0.25, -0.2) is 0 Å². The van der Waals surface area contributed by atoms with Gasteiger partial charge in [-0.1, -0.05) is 0 Å². The predicted octanol–water partition coefficient (Wildman–Crippen LogP) is 1.74. The highest BCUT2D eigenvalue weighted by Gasteiger charge is 2.27. The van der Waals surface area contributed by atoms with Gasteiger partial charge in [0.15, 0.2) is 0 Å². The van der Waals surface area contributed by atoms with Crippen molar-refractivity contribution >= 4 is 17.3 Å². The Kier molecular flexibility index (Phi) is 3.87. The second kappa shape index (κ2) is 5.40. The molecule has 0 fully saturated rings. The Balaban J connectivity index is 2.35. The van der Waals surface area contributed by atoms with Crippen molar-refractivity contribution in [1.82, 2.24) is 0 Å². The van der Waals surface area contributed by atoms with Gasteiger partial charge in [-0.15, -0.1) is 0 Å². The molecule has 1 amide bonds. The van der Waals surface area contributed by atoms with Crippen LogP contribution in [-0.2, 0) is 11.2 Å². The maximum Gasteiger partial charge on any atom is 0.227 e. The number of fused-ring (bicyclic) bond motifs is 1. The number of benzene rings is 1. The third-order valence-corrected chi connectivity index (χ3v) is 3.53. The van der Waals surface area contributed by atoms with E-state index < -0.39 is 0 Å². The fraction of sp³-hybridized carbons (Fsp3) is 0.500. The van der Waals surface area contributed by atoms with E-state index in [9.17, 15) is 4.79 Å². The summed E-state index contributed by atoms with van der Waals surface area (Å²) in [6.45, 7) is 2.67. The molecule has 1 atom stereocenters. The Labute approximate surface area is 108 Å². The fourth-order valence-electron chi connectivity index (χ4n) is 2.53. The fourth-order valence-corrected chi connectivity index (χ4v) is 2.53. The SMILES string of the molecule is CNc1ccc2c(c1)CCC(=O)N2C(C)CCN. The zero-order valence-electron chi connectivity index (χ0n) is 11.1. The Hall–Kier alpha value is -1.55. The summed E-state index contributed by atoms with van der Waals surface area (Å²) in [6, 6.07) is 6.34. The molecule has 18 heavy (non-hydrogen) atoms. The standard InChI is InChI=1S/C14H21N3O/c1-10(7-8-15)17-13-5-4-12(16-2)9-11(13)3-6-14(17)18/h4-5,9-10,16H,3,6-8,15H2,1-2H3. The number of anilines is 2. The molecule has 3 N–H and O–H groups in total. The molecular formula is C14H21N3O. The number of rotatable bonds is 4. The van der Waals surface area contributed by atoms with Crippen LogP contribution in [0.1, 0.15) is 25.3 Å². The molecule has 1 aliphatic rings. The smallest absolute Gasteiger partial charge is 0.227 e. The molecule has 1 aromatic rings. The minimum Gasteiger partial charge on any atom is -0.388 e. The van der Waals surface area contributed by atoms with Crippen molar-refractivity contribution < 1.29 is 4.79 Å². The lowest BCUT2D eigenvalue weighted by molar-refractivity contribution is -0.119. The van der Waals surface area contributed by atoms with Crippen LogP contribution < -0.4 is 16.0 Å². The minimum absolute atomic E-state index is 0.169. The molecule has 0 bridgehead atoms. The molecule has 2 rings (SSSR count). The Bertz CT molecular complexity index is 445. The van der Waals surface area contributed by atoms with E-state index in [2.05, 4.69) is 18.3 Å². The topological polar surface area (TPSA) is 58.4 Å². The second-order valence-corrected chi connectivity index (χ2v) is 4.78. The summed E-state index contributed by atoms with van der Waals surface area (Å²) in [5.74, 6) is 0.209. The van der Waals surface area contributed by atoms with Crippen LogP contribution in [0.25, 0.3) is 0 Å². The number of carbonyl (C=O) groups excluding carboxylic acids is 1. The summed E-state index contributed by atoms with van der Waals surface area (Å²) in [7, 11) is 1.91. The number of carbonyl (C=O) groups is 1. The highest BCUT2D eigenvalue weighted by atomic mass is 16.2. The van der Waals surface area contributed by atoms with Crippen LogP contribution in [0.15, 0.2) is 18.2 Å². The largest absolute Gasteiger partial charge is 0.388 e. The minimum atomic E-state index is 0.169. The number of nitrogens with one attached hydrogen (secondary N) is 1. The third kappa shape index (κ3) is 2.34. The number of hydrogen-bond donors (Lipinski definition) is 2. The zero-order valence-corrected chi connectivity index (χ0v) is 11.1. The van der Waals surface area contributed by atoms with Crippen molar-refractivity contribution in [3.8, 4) is 0 Å². The molecule has 1 unspecified atom stereocenters. The van der Waals surface area contributed by atoms with Gasteiger partial charge in [0.05, 0.1) is 0 Å². The van der Waals surface area contributed by atoms with Crippen molar-refractivity contribution in [3.63, 3.8) is 0 Å². The maximum absolute atomic E-state index is 12.1. The van der Waals surface area contributed by atoms with Crippen molar-refractivity contribution in [2.75, 3.05) is 23.8 Å². The molecule has 0 saturated carbocycles. The van der Waals surface area contributed by atoms with Gasteiger partial charge in [-0.2, -0.15) is 0 Å². The van der Waals surface area contributed by atoms with Crippen LogP contribution in [0.4, 0.5) is 11.4 Å². The van der Waals surface area contributed by atoms with Crippen LogP contribution in [0.3, 0.4) is 0 Å². The molecule has 98 valence electrons. The number of aryl methyl sites for hydroxylation is 1. The molecule has 0 aliphatic carbocycles. The van der Waals surface area contributed by atoms with Gasteiger partial charge in [-0.3, -0.25) is 4.79 Å². The maximum atomic E-state index is 12.1. The van der Waals surface area contributed by atoms with Gasteiger partial charge in [0.2, 0.25) is 5.91 Å². The van der Waals surface area contributed by atoms with Crippen molar-refractivity contribution in [2.45, 2.75) is 32.2 Å². The first-order valence-corrected chi connectivity index (χ1v) is 6.50. The normalized spacial score (nSPS) is 16.4. The quantitative estimate of drug-likeness (QED) is 0.852. The first kappa shape index (κ1) is 12.9. The molecule has 0 saturated heterocycles. The molecule has 1 aliphatic heterocycles. The summed E-state index contributed by atoms with van der Waals surface area (Å²) >= 11 is 0. The van der Waals surface area contributed by atoms with E-state index in [1.807, 2.05) is 24.1 Å². The first-order valence-electron chi connectivity index (χ1n) is 6.50. The van der Waals surface area contributed by atoms with Crippen molar-refractivity contribution in [1.29, 1.82) is 0 Å². The van der Waals surface area contributed by atoms with Crippen LogP contribution in [0, 0.1) is 0 Å². The summed E-state index contributed by atoms with van der Waals surface area (Å²) in [4.78, 5) is 14.0. The number of amides is 1. The van der Waals surface area contributed by atoms with E-state index in [4.69, 9.17) is 5.73 Å². The molecule has 4 heteroatoms. The lowest BCUT2D eigenvalue weighted by atomic mass is 9.98. The average Bonchev–Trinajstić information content (AvgIpc) is 2.38. The zero-order chi connectivity index (χ0) is 13.1. The van der Waals surface area contributed by atoms with Gasteiger partial charge in [0, 0.05) is 30.9 Å².